The SMILES string of the molecule is N=C1S/C(=C/c2cccs2)C(=O)N1c1c(C(=O)c2ccccc2)sc2nnc(-c3ccccc3)c(-c3ccccc3)c12. The molecular weight excluding hydrogens is 581 g/mol. The molecule has 1 aliphatic heterocycles. The van der Waals surface area contributed by atoms with Crippen LogP contribution in [0.25, 0.3) is 38.7 Å². The number of rotatable bonds is 6. The zero-order valence-electron chi connectivity index (χ0n) is 21.9. The summed E-state index contributed by atoms with van der Waals surface area (Å²) < 4.78 is 0. The molecule has 1 N–H and O–H groups in total. The van der Waals surface area contributed by atoms with Gasteiger partial charge in [0.05, 0.1) is 10.6 Å². The topological polar surface area (TPSA) is 87.0 Å². The number of aromatic nitrogens is 2. The van der Waals surface area contributed by atoms with E-state index < -0.39 is 0 Å². The van der Waals surface area contributed by atoms with Gasteiger partial charge in [-0.25, -0.2) is 0 Å². The summed E-state index contributed by atoms with van der Waals surface area (Å²) in [5, 5.41) is 20.8. The van der Waals surface area contributed by atoms with Gasteiger partial charge in [0.15, 0.2) is 5.17 Å². The Labute approximate surface area is 253 Å². The first-order valence-corrected chi connectivity index (χ1v) is 15.5. The van der Waals surface area contributed by atoms with E-state index in [4.69, 9.17) is 5.41 Å². The summed E-state index contributed by atoms with van der Waals surface area (Å²) in [5.41, 5.74) is 3.97. The van der Waals surface area contributed by atoms with E-state index in [1.165, 1.54) is 27.6 Å². The fraction of sp³-hybridized carbons (Fsp3) is 0. The number of fused-ring (bicyclic) bond motifs is 1. The molecule has 9 heteroatoms. The van der Waals surface area contributed by atoms with Gasteiger partial charge in [-0.05, 0) is 34.8 Å². The minimum Gasteiger partial charge on any atom is -0.288 e. The van der Waals surface area contributed by atoms with Crippen molar-refractivity contribution in [3.05, 3.63) is 129 Å². The third kappa shape index (κ3) is 4.57. The van der Waals surface area contributed by atoms with Crippen LogP contribution in [0.2, 0.25) is 0 Å². The number of nitrogens with one attached hydrogen (secondary N) is 1. The van der Waals surface area contributed by atoms with Crippen molar-refractivity contribution in [1.82, 2.24) is 10.2 Å². The largest absolute Gasteiger partial charge is 0.288 e. The van der Waals surface area contributed by atoms with Crippen molar-refractivity contribution < 1.29 is 9.59 Å². The van der Waals surface area contributed by atoms with E-state index in [-0.39, 0.29) is 16.9 Å². The number of amidine groups is 1. The molecule has 6 aromatic rings. The molecule has 0 unspecified atom stereocenters. The third-order valence-electron chi connectivity index (χ3n) is 6.81. The highest BCUT2D eigenvalue weighted by Crippen LogP contribution is 2.49. The van der Waals surface area contributed by atoms with E-state index in [0.717, 1.165) is 33.3 Å². The number of anilines is 1. The molecule has 1 saturated heterocycles. The van der Waals surface area contributed by atoms with E-state index in [1.807, 2.05) is 96.4 Å². The number of benzene rings is 3. The fourth-order valence-corrected chi connectivity index (χ4v) is 7.58. The van der Waals surface area contributed by atoms with Gasteiger partial charge in [-0.3, -0.25) is 19.9 Å². The van der Waals surface area contributed by atoms with E-state index in [2.05, 4.69) is 10.2 Å². The first-order chi connectivity index (χ1) is 20.6. The number of nitrogens with zero attached hydrogens (tertiary/aromatic N) is 3. The molecule has 3 aromatic carbocycles. The number of carbonyl (C=O) groups is 2. The highest BCUT2D eigenvalue weighted by atomic mass is 32.2. The van der Waals surface area contributed by atoms with Crippen LogP contribution in [-0.2, 0) is 4.79 Å². The fourth-order valence-electron chi connectivity index (χ4n) is 4.94. The summed E-state index contributed by atoms with van der Waals surface area (Å²) in [7, 11) is 0. The Bertz CT molecular complexity index is 2000. The lowest BCUT2D eigenvalue weighted by Crippen LogP contribution is -2.29. The number of carbonyl (C=O) groups excluding carboxylic acids is 2. The standard InChI is InChI=1S/C33H20N4O2S3/c34-33-37(32(39)24(41-33)19-23-17-10-18-40-23)28-26-25(20-11-4-1-5-12-20)27(21-13-6-2-7-14-21)35-36-31(26)42-30(28)29(38)22-15-8-3-9-16-22/h1-19,34H/b24-19+,34-33?. The minimum atomic E-state index is -0.350. The van der Waals surface area contributed by atoms with Crippen molar-refractivity contribution in [3.8, 4) is 22.4 Å². The summed E-state index contributed by atoms with van der Waals surface area (Å²) in [6.45, 7) is 0. The van der Waals surface area contributed by atoms with Crippen molar-refractivity contribution in [1.29, 1.82) is 5.41 Å². The molecule has 0 aliphatic carbocycles. The number of ketones is 1. The Balaban J connectivity index is 1.55. The zero-order chi connectivity index (χ0) is 28.6. The maximum Gasteiger partial charge on any atom is 0.271 e. The molecule has 0 atom stereocenters. The number of thioether (sulfide) groups is 1. The van der Waals surface area contributed by atoms with Crippen molar-refractivity contribution in [2.45, 2.75) is 0 Å². The molecule has 0 bridgehead atoms. The summed E-state index contributed by atoms with van der Waals surface area (Å²) in [6.07, 6.45) is 1.80. The Morgan fingerprint density at radius 1 is 0.810 bits per heavy atom. The second-order valence-corrected chi connectivity index (χ2v) is 12.4. The van der Waals surface area contributed by atoms with Crippen molar-refractivity contribution in [2.24, 2.45) is 0 Å². The average molecular weight is 601 g/mol. The van der Waals surface area contributed by atoms with Gasteiger partial charge in [0.25, 0.3) is 5.91 Å². The average Bonchev–Trinajstić information content (AvgIpc) is 3.75. The summed E-state index contributed by atoms with van der Waals surface area (Å²) in [5.74, 6) is -0.590. The Morgan fingerprint density at radius 2 is 1.48 bits per heavy atom. The number of hydrogen-bond donors (Lipinski definition) is 1. The van der Waals surface area contributed by atoms with Gasteiger partial charge in [0, 0.05) is 27.0 Å². The van der Waals surface area contributed by atoms with Gasteiger partial charge in [0.1, 0.15) is 15.4 Å². The highest BCUT2D eigenvalue weighted by Gasteiger charge is 2.39. The highest BCUT2D eigenvalue weighted by molar-refractivity contribution is 8.19. The molecule has 3 aromatic heterocycles. The smallest absolute Gasteiger partial charge is 0.271 e. The number of hydrogen-bond acceptors (Lipinski definition) is 8. The minimum absolute atomic E-state index is 0.0294. The lowest BCUT2D eigenvalue weighted by molar-refractivity contribution is -0.113. The molecule has 0 spiro atoms. The van der Waals surface area contributed by atoms with Crippen molar-refractivity contribution in [3.63, 3.8) is 0 Å². The predicted molar refractivity (Wildman–Crippen MR) is 173 cm³/mol. The monoisotopic (exact) mass is 600 g/mol. The second-order valence-electron chi connectivity index (χ2n) is 9.38. The predicted octanol–water partition coefficient (Wildman–Crippen LogP) is 8.37. The van der Waals surface area contributed by atoms with Gasteiger partial charge in [-0.1, -0.05) is 97.1 Å². The van der Waals surface area contributed by atoms with Crippen LogP contribution in [0.15, 0.2) is 113 Å². The van der Waals surface area contributed by atoms with Crippen LogP contribution in [0.5, 0.6) is 0 Å². The molecule has 6 nitrogen and oxygen atoms in total. The summed E-state index contributed by atoms with van der Waals surface area (Å²) >= 11 is 3.80. The molecule has 4 heterocycles. The van der Waals surface area contributed by atoms with Gasteiger partial charge in [-0.15, -0.1) is 32.9 Å². The molecular formula is C33H20N4O2S3. The Kier molecular flexibility index (Phi) is 6.83. The quantitative estimate of drug-likeness (QED) is 0.153. The van der Waals surface area contributed by atoms with E-state index in [0.29, 0.717) is 36.9 Å². The molecule has 202 valence electrons. The maximum absolute atomic E-state index is 14.1. The third-order valence-corrected chi connectivity index (χ3v) is 9.58. The van der Waals surface area contributed by atoms with Gasteiger partial charge in [0.2, 0.25) is 5.78 Å². The maximum atomic E-state index is 14.1. The van der Waals surface area contributed by atoms with Crippen LogP contribution in [0.4, 0.5) is 5.69 Å². The first kappa shape index (κ1) is 26.2. The second kappa shape index (κ2) is 10.9. The summed E-state index contributed by atoms with van der Waals surface area (Å²) in [4.78, 5) is 31.7. The lowest BCUT2D eigenvalue weighted by Gasteiger charge is -2.18. The normalized spacial score (nSPS) is 14.3. The van der Waals surface area contributed by atoms with E-state index in [9.17, 15) is 9.59 Å². The molecule has 1 amide bonds. The zero-order valence-corrected chi connectivity index (χ0v) is 24.3. The molecule has 1 fully saturated rings. The van der Waals surface area contributed by atoms with Gasteiger partial charge in [-0.2, -0.15) is 0 Å². The summed E-state index contributed by atoms with van der Waals surface area (Å²) in [6, 6.07) is 32.4. The molecule has 0 saturated carbocycles. The first-order valence-electron chi connectivity index (χ1n) is 13.0. The van der Waals surface area contributed by atoms with E-state index in [1.54, 1.807) is 18.2 Å². The van der Waals surface area contributed by atoms with Crippen molar-refractivity contribution in [2.75, 3.05) is 4.90 Å². The van der Waals surface area contributed by atoms with Crippen LogP contribution in [0.1, 0.15) is 20.1 Å². The molecule has 7 rings (SSSR count). The van der Waals surface area contributed by atoms with Crippen LogP contribution in [-0.4, -0.2) is 27.1 Å². The van der Waals surface area contributed by atoms with Gasteiger partial charge >= 0.3 is 0 Å². The molecule has 1 aliphatic rings. The number of thiophene rings is 2. The Morgan fingerprint density at radius 3 is 2.14 bits per heavy atom. The van der Waals surface area contributed by atoms with Gasteiger partial charge < -0.3 is 0 Å². The lowest BCUT2D eigenvalue weighted by atomic mass is 9.95. The van der Waals surface area contributed by atoms with E-state index >= 15 is 0 Å². The molecule has 0 radical (unpaired) electrons. The van der Waals surface area contributed by atoms with Crippen LogP contribution < -0.4 is 4.90 Å². The molecule has 42 heavy (non-hydrogen) atoms. The van der Waals surface area contributed by atoms with Crippen LogP contribution in [0, 0.1) is 5.41 Å². The Hall–Kier alpha value is -4.70. The van der Waals surface area contributed by atoms with Crippen LogP contribution in [0.3, 0.4) is 0 Å². The number of amides is 1. The van der Waals surface area contributed by atoms with Crippen LogP contribution >= 0.6 is 34.4 Å². The van der Waals surface area contributed by atoms with Crippen molar-refractivity contribution >= 4 is 73.3 Å².